The summed E-state index contributed by atoms with van der Waals surface area (Å²) in [7, 11) is -2.21. The molecule has 0 bridgehead atoms. The molecule has 0 fully saturated rings. The minimum Gasteiger partial charge on any atom is -0.495 e. The first-order valence-corrected chi connectivity index (χ1v) is 11.0. The number of nitrogens with one attached hydrogen (secondary N) is 2. The summed E-state index contributed by atoms with van der Waals surface area (Å²) in [5, 5.41) is 2.58. The standard InChI is InChI=1S/C19H24N2O4S2/c1-14-4-6-16(7-5-14)13-26-11-10-20-27(23,24)17-8-9-19(25-3)18(12-17)21-15(2)22/h4-9,12,20H,10-11,13H2,1-3H3,(H,21,22). The van der Waals surface area contributed by atoms with E-state index >= 15 is 0 Å². The van der Waals surface area contributed by atoms with Crippen LogP contribution < -0.4 is 14.8 Å². The zero-order valence-corrected chi connectivity index (χ0v) is 17.2. The molecule has 0 heterocycles. The summed E-state index contributed by atoms with van der Waals surface area (Å²) in [4.78, 5) is 11.4. The Kier molecular flexibility index (Phi) is 7.70. The quantitative estimate of drug-likeness (QED) is 0.623. The largest absolute Gasteiger partial charge is 0.495 e. The van der Waals surface area contributed by atoms with Crippen LogP contribution in [0.2, 0.25) is 0 Å². The minimum atomic E-state index is -3.66. The van der Waals surface area contributed by atoms with Gasteiger partial charge < -0.3 is 10.1 Å². The summed E-state index contributed by atoms with van der Waals surface area (Å²) in [5.41, 5.74) is 2.75. The Bertz CT molecular complexity index is 881. The number of methoxy groups -OCH3 is 1. The summed E-state index contributed by atoms with van der Waals surface area (Å²) in [6, 6.07) is 12.6. The molecule has 2 rings (SSSR count). The monoisotopic (exact) mass is 408 g/mol. The van der Waals surface area contributed by atoms with Crippen molar-refractivity contribution in [3.05, 3.63) is 53.6 Å². The molecule has 0 atom stereocenters. The number of carbonyl (C=O) groups is 1. The molecule has 2 N–H and O–H groups in total. The number of amides is 1. The normalized spacial score (nSPS) is 11.2. The van der Waals surface area contributed by atoms with Crippen molar-refractivity contribution in [3.8, 4) is 5.75 Å². The number of benzene rings is 2. The predicted molar refractivity (Wildman–Crippen MR) is 110 cm³/mol. The number of hydrogen-bond acceptors (Lipinski definition) is 5. The van der Waals surface area contributed by atoms with E-state index in [4.69, 9.17) is 4.74 Å². The zero-order chi connectivity index (χ0) is 19.9. The van der Waals surface area contributed by atoms with Gasteiger partial charge in [0.05, 0.1) is 17.7 Å². The van der Waals surface area contributed by atoms with Crippen molar-refractivity contribution >= 4 is 33.4 Å². The maximum absolute atomic E-state index is 12.5. The molecule has 2 aromatic rings. The molecule has 8 heteroatoms. The lowest BCUT2D eigenvalue weighted by molar-refractivity contribution is -0.114. The van der Waals surface area contributed by atoms with E-state index < -0.39 is 10.0 Å². The molecule has 0 aliphatic carbocycles. The van der Waals surface area contributed by atoms with Crippen LogP contribution in [0.25, 0.3) is 0 Å². The van der Waals surface area contributed by atoms with E-state index in [1.807, 2.05) is 6.92 Å². The van der Waals surface area contributed by atoms with Crippen LogP contribution in [-0.2, 0) is 20.6 Å². The smallest absolute Gasteiger partial charge is 0.240 e. The Morgan fingerprint density at radius 3 is 2.48 bits per heavy atom. The summed E-state index contributed by atoms with van der Waals surface area (Å²) >= 11 is 1.66. The zero-order valence-electron chi connectivity index (χ0n) is 15.6. The first kappa shape index (κ1) is 21.3. The Morgan fingerprint density at radius 1 is 1.15 bits per heavy atom. The van der Waals surface area contributed by atoms with E-state index in [0.717, 1.165) is 5.75 Å². The average molecular weight is 409 g/mol. The minimum absolute atomic E-state index is 0.0792. The van der Waals surface area contributed by atoms with Crippen molar-refractivity contribution in [3.63, 3.8) is 0 Å². The van der Waals surface area contributed by atoms with Crippen LogP contribution in [0.4, 0.5) is 5.69 Å². The van der Waals surface area contributed by atoms with Crippen molar-refractivity contribution in [1.82, 2.24) is 4.72 Å². The third kappa shape index (κ3) is 6.57. The van der Waals surface area contributed by atoms with Crippen LogP contribution in [0.1, 0.15) is 18.1 Å². The van der Waals surface area contributed by atoms with Crippen molar-refractivity contribution in [2.45, 2.75) is 24.5 Å². The summed E-state index contributed by atoms with van der Waals surface area (Å²) in [6.07, 6.45) is 0. The molecule has 27 heavy (non-hydrogen) atoms. The van der Waals surface area contributed by atoms with E-state index in [1.54, 1.807) is 11.8 Å². The number of hydrogen-bond donors (Lipinski definition) is 2. The summed E-state index contributed by atoms with van der Waals surface area (Å²) in [6.45, 7) is 3.71. The highest BCUT2D eigenvalue weighted by atomic mass is 32.2. The van der Waals surface area contributed by atoms with Gasteiger partial charge in [-0.15, -0.1) is 0 Å². The predicted octanol–water partition coefficient (Wildman–Crippen LogP) is 3.17. The molecule has 0 saturated heterocycles. The SMILES string of the molecule is COc1ccc(S(=O)(=O)NCCSCc2ccc(C)cc2)cc1NC(C)=O. The molecular weight excluding hydrogens is 384 g/mol. The average Bonchev–Trinajstić information content (AvgIpc) is 2.62. The number of thioether (sulfide) groups is 1. The highest BCUT2D eigenvalue weighted by Gasteiger charge is 2.16. The Labute approximate surface area is 164 Å². The molecule has 146 valence electrons. The van der Waals surface area contributed by atoms with Crippen LogP contribution in [0.15, 0.2) is 47.4 Å². The van der Waals surface area contributed by atoms with E-state index in [0.29, 0.717) is 23.7 Å². The van der Waals surface area contributed by atoms with E-state index in [-0.39, 0.29) is 10.8 Å². The Morgan fingerprint density at radius 2 is 1.85 bits per heavy atom. The number of anilines is 1. The van der Waals surface area contributed by atoms with Gasteiger partial charge in [0.25, 0.3) is 0 Å². The molecule has 0 aliphatic heterocycles. The van der Waals surface area contributed by atoms with Crippen LogP contribution in [0, 0.1) is 6.92 Å². The Balaban J connectivity index is 1.91. The lowest BCUT2D eigenvalue weighted by Gasteiger charge is -2.12. The van der Waals surface area contributed by atoms with Crippen molar-refractivity contribution in [2.24, 2.45) is 0 Å². The van der Waals surface area contributed by atoms with Gasteiger partial charge in [-0.2, -0.15) is 11.8 Å². The lowest BCUT2D eigenvalue weighted by atomic mass is 10.2. The van der Waals surface area contributed by atoms with Gasteiger partial charge in [-0.05, 0) is 30.7 Å². The molecule has 0 radical (unpaired) electrons. The van der Waals surface area contributed by atoms with Gasteiger partial charge >= 0.3 is 0 Å². The summed E-state index contributed by atoms with van der Waals surface area (Å²) in [5.74, 6) is 1.58. The van der Waals surface area contributed by atoms with Crippen LogP contribution in [0.3, 0.4) is 0 Å². The number of aryl methyl sites for hydroxylation is 1. The fourth-order valence-electron chi connectivity index (χ4n) is 2.35. The first-order chi connectivity index (χ1) is 12.8. The third-order valence-corrected chi connectivity index (χ3v) is 6.21. The summed E-state index contributed by atoms with van der Waals surface area (Å²) < 4.78 is 32.7. The van der Waals surface area contributed by atoms with Crippen LogP contribution in [-0.4, -0.2) is 33.7 Å². The third-order valence-electron chi connectivity index (χ3n) is 3.72. The van der Waals surface area contributed by atoms with Crippen molar-refractivity contribution in [2.75, 3.05) is 24.7 Å². The molecule has 0 saturated carbocycles. The Hall–Kier alpha value is -2.03. The second-order valence-electron chi connectivity index (χ2n) is 5.98. The van der Waals surface area contributed by atoms with Gasteiger partial charge in [0.2, 0.25) is 15.9 Å². The maximum atomic E-state index is 12.5. The molecule has 0 spiro atoms. The van der Waals surface area contributed by atoms with Gasteiger partial charge in [0.15, 0.2) is 0 Å². The highest BCUT2D eigenvalue weighted by molar-refractivity contribution is 7.98. The molecule has 0 aromatic heterocycles. The number of carbonyl (C=O) groups excluding carboxylic acids is 1. The highest BCUT2D eigenvalue weighted by Crippen LogP contribution is 2.27. The fourth-order valence-corrected chi connectivity index (χ4v) is 4.35. The number of sulfonamides is 1. The van der Waals surface area contributed by atoms with Gasteiger partial charge in [-0.1, -0.05) is 29.8 Å². The molecule has 2 aromatic carbocycles. The molecule has 0 aliphatic rings. The molecule has 0 unspecified atom stereocenters. The fraction of sp³-hybridized carbons (Fsp3) is 0.316. The second kappa shape index (κ2) is 9.77. The van der Waals surface area contributed by atoms with E-state index in [2.05, 4.69) is 34.3 Å². The number of ether oxygens (including phenoxy) is 1. The van der Waals surface area contributed by atoms with Gasteiger partial charge in [-0.25, -0.2) is 13.1 Å². The maximum Gasteiger partial charge on any atom is 0.240 e. The molecule has 1 amide bonds. The number of rotatable bonds is 9. The molecule has 6 nitrogen and oxygen atoms in total. The van der Waals surface area contributed by atoms with Gasteiger partial charge in [0, 0.05) is 25.0 Å². The van der Waals surface area contributed by atoms with Crippen LogP contribution >= 0.6 is 11.8 Å². The van der Waals surface area contributed by atoms with Gasteiger partial charge in [-0.3, -0.25) is 4.79 Å². The van der Waals surface area contributed by atoms with Gasteiger partial charge in [0.1, 0.15) is 5.75 Å². The second-order valence-corrected chi connectivity index (χ2v) is 8.85. The van der Waals surface area contributed by atoms with Crippen LogP contribution in [0.5, 0.6) is 5.75 Å². The van der Waals surface area contributed by atoms with E-state index in [9.17, 15) is 13.2 Å². The molecular formula is C19H24N2O4S2. The van der Waals surface area contributed by atoms with E-state index in [1.165, 1.54) is 43.4 Å². The topological polar surface area (TPSA) is 84.5 Å². The van der Waals surface area contributed by atoms with Crippen molar-refractivity contribution < 1.29 is 17.9 Å². The van der Waals surface area contributed by atoms with Crippen molar-refractivity contribution in [1.29, 1.82) is 0 Å². The first-order valence-electron chi connectivity index (χ1n) is 8.40. The lowest BCUT2D eigenvalue weighted by Crippen LogP contribution is -2.26.